The van der Waals surface area contributed by atoms with Crippen molar-refractivity contribution >= 4 is 0 Å². The molecule has 1 atom stereocenters. The fourth-order valence-corrected chi connectivity index (χ4v) is 1.37. The van der Waals surface area contributed by atoms with E-state index in [9.17, 15) is 13.2 Å². The van der Waals surface area contributed by atoms with Crippen molar-refractivity contribution in [3.8, 4) is 11.5 Å². The first kappa shape index (κ1) is 13.6. The van der Waals surface area contributed by atoms with Gasteiger partial charge in [-0.2, -0.15) is 13.2 Å². The molecule has 0 aromatic heterocycles. The normalized spacial score (nSPS) is 13.3. The fraction of sp³-hybridized carbons (Fsp3) is 0.455. The van der Waals surface area contributed by atoms with Crippen molar-refractivity contribution in [3.63, 3.8) is 0 Å². The van der Waals surface area contributed by atoms with Crippen LogP contribution >= 0.6 is 0 Å². The van der Waals surface area contributed by atoms with Gasteiger partial charge in [-0.05, 0) is 18.1 Å². The molecular weight excluding hydrogens is 235 g/mol. The molecule has 0 saturated carbocycles. The first-order valence-electron chi connectivity index (χ1n) is 4.91. The Morgan fingerprint density at radius 1 is 1.24 bits per heavy atom. The zero-order chi connectivity index (χ0) is 13.1. The minimum absolute atomic E-state index is 0.323. The third-order valence-corrected chi connectivity index (χ3v) is 2.35. The summed E-state index contributed by atoms with van der Waals surface area (Å²) in [6, 6.07) is 2.72. The topological polar surface area (TPSA) is 44.5 Å². The molecular formula is C11H14F3NO2. The number of hydrogen-bond acceptors (Lipinski definition) is 3. The molecule has 96 valence electrons. The Balaban J connectivity index is 2.91. The fourth-order valence-electron chi connectivity index (χ4n) is 1.37. The second-order valence-electron chi connectivity index (χ2n) is 3.53. The number of benzene rings is 1. The molecule has 6 heteroatoms. The van der Waals surface area contributed by atoms with Gasteiger partial charge in [-0.25, -0.2) is 0 Å². The lowest BCUT2D eigenvalue weighted by Crippen LogP contribution is -2.39. The average Bonchev–Trinajstić information content (AvgIpc) is 2.28. The quantitative estimate of drug-likeness (QED) is 0.889. The van der Waals surface area contributed by atoms with Crippen LogP contribution in [0.5, 0.6) is 11.5 Å². The number of rotatable bonds is 4. The van der Waals surface area contributed by atoms with E-state index < -0.39 is 12.2 Å². The Labute approximate surface area is 97.3 Å². The van der Waals surface area contributed by atoms with Crippen LogP contribution in [-0.2, 0) is 6.42 Å². The van der Waals surface area contributed by atoms with Crippen molar-refractivity contribution in [1.82, 2.24) is 0 Å². The molecule has 2 N–H and O–H groups in total. The van der Waals surface area contributed by atoms with Gasteiger partial charge in [-0.15, -0.1) is 0 Å². The number of hydrogen-bond donors (Lipinski definition) is 1. The van der Waals surface area contributed by atoms with E-state index in [1.807, 2.05) is 0 Å². The van der Waals surface area contributed by atoms with Gasteiger partial charge in [0.15, 0.2) is 0 Å². The van der Waals surface area contributed by atoms with Crippen LogP contribution in [0.2, 0.25) is 0 Å². The summed E-state index contributed by atoms with van der Waals surface area (Å²) in [6.07, 6.45) is -4.73. The minimum Gasteiger partial charge on any atom is -0.497 e. The molecule has 0 amide bonds. The van der Waals surface area contributed by atoms with E-state index in [1.54, 1.807) is 6.07 Å². The zero-order valence-corrected chi connectivity index (χ0v) is 9.54. The van der Waals surface area contributed by atoms with E-state index in [-0.39, 0.29) is 6.42 Å². The lowest BCUT2D eigenvalue weighted by atomic mass is 10.0. The first-order valence-corrected chi connectivity index (χ1v) is 4.91. The number of methoxy groups -OCH3 is 2. The summed E-state index contributed by atoms with van der Waals surface area (Å²) in [4.78, 5) is 0. The molecule has 0 heterocycles. The third-order valence-electron chi connectivity index (χ3n) is 2.35. The highest BCUT2D eigenvalue weighted by atomic mass is 19.4. The number of nitrogens with two attached hydrogens (primary N) is 1. The average molecular weight is 249 g/mol. The van der Waals surface area contributed by atoms with E-state index in [2.05, 4.69) is 0 Å². The van der Waals surface area contributed by atoms with Crippen LogP contribution < -0.4 is 15.2 Å². The molecule has 17 heavy (non-hydrogen) atoms. The molecule has 0 bridgehead atoms. The Hall–Kier alpha value is -1.43. The van der Waals surface area contributed by atoms with Crippen molar-refractivity contribution in [1.29, 1.82) is 0 Å². The smallest absolute Gasteiger partial charge is 0.403 e. The molecule has 0 radical (unpaired) electrons. The van der Waals surface area contributed by atoms with Crippen molar-refractivity contribution < 1.29 is 22.6 Å². The summed E-state index contributed by atoms with van der Waals surface area (Å²) >= 11 is 0. The van der Waals surface area contributed by atoms with E-state index in [0.717, 1.165) is 0 Å². The summed E-state index contributed by atoms with van der Waals surface area (Å²) < 4.78 is 46.9. The molecule has 0 fully saturated rings. The summed E-state index contributed by atoms with van der Waals surface area (Å²) in [6.45, 7) is 0. The predicted molar refractivity (Wildman–Crippen MR) is 57.3 cm³/mol. The Morgan fingerprint density at radius 3 is 2.35 bits per heavy atom. The van der Waals surface area contributed by atoms with Crippen LogP contribution in [0.15, 0.2) is 18.2 Å². The first-order chi connectivity index (χ1) is 7.88. The third kappa shape index (κ3) is 3.52. The van der Waals surface area contributed by atoms with Crippen LogP contribution in [0.25, 0.3) is 0 Å². The molecule has 1 aromatic rings. The van der Waals surface area contributed by atoms with Crippen LogP contribution in [0.1, 0.15) is 5.56 Å². The van der Waals surface area contributed by atoms with Gasteiger partial charge in [0.1, 0.15) is 17.5 Å². The molecule has 3 nitrogen and oxygen atoms in total. The molecule has 1 aromatic carbocycles. The number of ether oxygens (including phenoxy) is 2. The SMILES string of the molecule is COc1ccc(CC(N)C(F)(F)F)c(OC)c1. The van der Waals surface area contributed by atoms with Crippen LogP contribution in [0, 0.1) is 0 Å². The number of alkyl halides is 3. The second-order valence-corrected chi connectivity index (χ2v) is 3.53. The molecule has 1 unspecified atom stereocenters. The van der Waals surface area contributed by atoms with Gasteiger partial charge in [0.05, 0.1) is 14.2 Å². The summed E-state index contributed by atoms with van der Waals surface area (Å²) in [5.74, 6) is 0.857. The van der Waals surface area contributed by atoms with Crippen LogP contribution in [0.4, 0.5) is 13.2 Å². The van der Waals surface area contributed by atoms with Gasteiger partial charge < -0.3 is 15.2 Å². The molecule has 0 spiro atoms. The van der Waals surface area contributed by atoms with E-state index in [0.29, 0.717) is 17.1 Å². The molecule has 0 aliphatic carbocycles. The maximum absolute atomic E-state index is 12.3. The standard InChI is InChI=1S/C11H14F3NO2/c1-16-8-4-3-7(9(6-8)17-2)5-10(15)11(12,13)14/h3-4,6,10H,5,15H2,1-2H3. The van der Waals surface area contributed by atoms with Crippen molar-refractivity contribution in [2.75, 3.05) is 14.2 Å². The summed E-state index contributed by atoms with van der Waals surface area (Å²) in [7, 11) is 2.85. The van der Waals surface area contributed by atoms with Crippen molar-refractivity contribution in [2.45, 2.75) is 18.6 Å². The zero-order valence-electron chi connectivity index (χ0n) is 9.54. The highest BCUT2D eigenvalue weighted by Gasteiger charge is 2.37. The molecule has 0 aliphatic rings. The molecule has 0 aliphatic heterocycles. The Kier molecular flexibility index (Phi) is 4.22. The lowest BCUT2D eigenvalue weighted by molar-refractivity contribution is -0.147. The van der Waals surface area contributed by atoms with Gasteiger partial charge in [0.25, 0.3) is 0 Å². The molecule has 1 rings (SSSR count). The Morgan fingerprint density at radius 2 is 1.88 bits per heavy atom. The van der Waals surface area contributed by atoms with E-state index >= 15 is 0 Å². The lowest BCUT2D eigenvalue weighted by Gasteiger charge is -2.17. The monoisotopic (exact) mass is 249 g/mol. The van der Waals surface area contributed by atoms with Gasteiger partial charge in [-0.1, -0.05) is 6.07 Å². The predicted octanol–water partition coefficient (Wildman–Crippen LogP) is 2.14. The van der Waals surface area contributed by atoms with Gasteiger partial charge in [-0.3, -0.25) is 0 Å². The number of halogens is 3. The van der Waals surface area contributed by atoms with E-state index in [4.69, 9.17) is 15.2 Å². The van der Waals surface area contributed by atoms with Gasteiger partial charge >= 0.3 is 6.18 Å². The minimum atomic E-state index is -4.41. The highest BCUT2D eigenvalue weighted by Crippen LogP contribution is 2.28. The summed E-state index contributed by atoms with van der Waals surface area (Å²) in [5, 5.41) is 0. The Bertz CT molecular complexity index is 379. The largest absolute Gasteiger partial charge is 0.497 e. The van der Waals surface area contributed by atoms with Crippen molar-refractivity contribution in [3.05, 3.63) is 23.8 Å². The van der Waals surface area contributed by atoms with E-state index in [1.165, 1.54) is 26.4 Å². The van der Waals surface area contributed by atoms with Gasteiger partial charge in [0, 0.05) is 6.07 Å². The van der Waals surface area contributed by atoms with Gasteiger partial charge in [0.2, 0.25) is 0 Å². The summed E-state index contributed by atoms with van der Waals surface area (Å²) in [5.41, 5.74) is 5.47. The highest BCUT2D eigenvalue weighted by molar-refractivity contribution is 5.41. The maximum Gasteiger partial charge on any atom is 0.403 e. The second kappa shape index (κ2) is 5.27. The van der Waals surface area contributed by atoms with Crippen LogP contribution in [-0.4, -0.2) is 26.4 Å². The van der Waals surface area contributed by atoms with Crippen LogP contribution in [0.3, 0.4) is 0 Å². The van der Waals surface area contributed by atoms with Crippen molar-refractivity contribution in [2.24, 2.45) is 5.73 Å². The maximum atomic E-state index is 12.3. The molecule has 0 saturated heterocycles.